The molecule has 1 unspecified atom stereocenters. The van der Waals surface area contributed by atoms with Gasteiger partial charge >= 0.3 is 5.97 Å². The number of ether oxygens (including phenoxy) is 1. The molecule has 0 aliphatic carbocycles. The molecule has 0 radical (unpaired) electrons. The van der Waals surface area contributed by atoms with Crippen molar-refractivity contribution in [3.63, 3.8) is 0 Å². The molecule has 1 atom stereocenters. The van der Waals surface area contributed by atoms with Crippen LogP contribution in [0.2, 0.25) is 0 Å². The Kier molecular flexibility index (Phi) is 5.27. The van der Waals surface area contributed by atoms with E-state index >= 15 is 0 Å². The standard InChI is InChI=1S/C15H22N2O3/c1-15(2,3)12(16)9-13(18)17-11-8-6-5-7-10(11)14(19)20-4/h5-8,12H,9,16H2,1-4H3,(H,17,18). The highest BCUT2D eigenvalue weighted by Crippen LogP contribution is 2.21. The second kappa shape index (κ2) is 6.52. The summed E-state index contributed by atoms with van der Waals surface area (Å²) in [5.74, 6) is -0.704. The van der Waals surface area contributed by atoms with Gasteiger partial charge in [-0.3, -0.25) is 4.79 Å². The topological polar surface area (TPSA) is 81.4 Å². The summed E-state index contributed by atoms with van der Waals surface area (Å²) in [5.41, 5.74) is 6.59. The maximum Gasteiger partial charge on any atom is 0.339 e. The van der Waals surface area contributed by atoms with Gasteiger partial charge in [0.15, 0.2) is 0 Å². The molecule has 0 saturated carbocycles. The molecule has 0 bridgehead atoms. The van der Waals surface area contributed by atoms with Crippen molar-refractivity contribution in [1.29, 1.82) is 0 Å². The Labute approximate surface area is 119 Å². The molecule has 0 aromatic heterocycles. The van der Waals surface area contributed by atoms with Gasteiger partial charge in [0.25, 0.3) is 0 Å². The lowest BCUT2D eigenvalue weighted by Gasteiger charge is -2.26. The molecule has 0 aliphatic rings. The van der Waals surface area contributed by atoms with Gasteiger partial charge in [-0.15, -0.1) is 0 Å². The Morgan fingerprint density at radius 3 is 2.45 bits per heavy atom. The van der Waals surface area contributed by atoms with Crippen LogP contribution in [0.5, 0.6) is 0 Å². The third-order valence-corrected chi connectivity index (χ3v) is 3.12. The molecule has 1 rings (SSSR count). The third kappa shape index (κ3) is 4.35. The highest BCUT2D eigenvalue weighted by molar-refractivity contribution is 6.01. The van der Waals surface area contributed by atoms with Crippen LogP contribution in [-0.2, 0) is 9.53 Å². The first-order valence-electron chi connectivity index (χ1n) is 6.48. The van der Waals surface area contributed by atoms with Gasteiger partial charge in [0, 0.05) is 12.5 Å². The minimum atomic E-state index is -0.485. The van der Waals surface area contributed by atoms with E-state index in [1.165, 1.54) is 7.11 Å². The molecule has 1 aromatic rings. The van der Waals surface area contributed by atoms with Crippen LogP contribution in [0.25, 0.3) is 0 Å². The molecular formula is C15H22N2O3. The number of hydrogen-bond donors (Lipinski definition) is 2. The fraction of sp³-hybridized carbons (Fsp3) is 0.467. The third-order valence-electron chi connectivity index (χ3n) is 3.12. The number of anilines is 1. The molecule has 0 fully saturated rings. The zero-order valence-electron chi connectivity index (χ0n) is 12.4. The molecule has 5 nitrogen and oxygen atoms in total. The molecule has 1 amide bonds. The molecule has 110 valence electrons. The van der Waals surface area contributed by atoms with Gasteiger partial charge in [-0.1, -0.05) is 32.9 Å². The number of methoxy groups -OCH3 is 1. The number of rotatable bonds is 4. The predicted molar refractivity (Wildman–Crippen MR) is 78.5 cm³/mol. The average molecular weight is 278 g/mol. The normalized spacial score (nSPS) is 12.7. The molecule has 3 N–H and O–H groups in total. The van der Waals surface area contributed by atoms with Gasteiger partial charge in [0.1, 0.15) is 0 Å². The lowest BCUT2D eigenvalue weighted by molar-refractivity contribution is -0.117. The van der Waals surface area contributed by atoms with E-state index in [0.29, 0.717) is 11.3 Å². The SMILES string of the molecule is COC(=O)c1ccccc1NC(=O)CC(N)C(C)(C)C. The lowest BCUT2D eigenvalue weighted by Crippen LogP contribution is -2.38. The molecule has 0 spiro atoms. The molecule has 0 aliphatic heterocycles. The first kappa shape index (κ1) is 16.2. The highest BCUT2D eigenvalue weighted by atomic mass is 16.5. The molecule has 0 heterocycles. The summed E-state index contributed by atoms with van der Waals surface area (Å²) in [6, 6.07) is 6.46. The van der Waals surface area contributed by atoms with E-state index in [2.05, 4.69) is 10.1 Å². The van der Waals surface area contributed by atoms with Crippen molar-refractivity contribution in [3.8, 4) is 0 Å². The van der Waals surface area contributed by atoms with E-state index in [1.807, 2.05) is 20.8 Å². The van der Waals surface area contributed by atoms with E-state index < -0.39 is 5.97 Å². The molecular weight excluding hydrogens is 256 g/mol. The van der Waals surface area contributed by atoms with Gasteiger partial charge in [-0.25, -0.2) is 4.79 Å². The van der Waals surface area contributed by atoms with Gasteiger partial charge in [0.05, 0.1) is 18.4 Å². The van der Waals surface area contributed by atoms with Crippen LogP contribution >= 0.6 is 0 Å². The zero-order chi connectivity index (χ0) is 15.3. The number of para-hydroxylation sites is 1. The Morgan fingerprint density at radius 2 is 1.90 bits per heavy atom. The van der Waals surface area contributed by atoms with Crippen molar-refractivity contribution in [3.05, 3.63) is 29.8 Å². The fourth-order valence-electron chi connectivity index (χ4n) is 1.59. The van der Waals surface area contributed by atoms with Crippen molar-refractivity contribution in [2.24, 2.45) is 11.1 Å². The second-order valence-corrected chi connectivity index (χ2v) is 5.76. The first-order chi connectivity index (χ1) is 9.25. The maximum absolute atomic E-state index is 12.0. The van der Waals surface area contributed by atoms with Gasteiger partial charge < -0.3 is 15.8 Å². The Hall–Kier alpha value is -1.88. The van der Waals surface area contributed by atoms with Crippen LogP contribution in [-0.4, -0.2) is 25.0 Å². The van der Waals surface area contributed by atoms with E-state index in [0.717, 1.165) is 0 Å². The summed E-state index contributed by atoms with van der Waals surface area (Å²) in [6.45, 7) is 5.94. The quantitative estimate of drug-likeness (QED) is 0.827. The van der Waals surface area contributed by atoms with Gasteiger partial charge in [0.2, 0.25) is 5.91 Å². The zero-order valence-corrected chi connectivity index (χ0v) is 12.4. The van der Waals surface area contributed by atoms with Crippen molar-refractivity contribution in [2.75, 3.05) is 12.4 Å². The first-order valence-corrected chi connectivity index (χ1v) is 6.48. The van der Waals surface area contributed by atoms with Crippen molar-refractivity contribution >= 4 is 17.6 Å². The van der Waals surface area contributed by atoms with Crippen LogP contribution in [0.1, 0.15) is 37.6 Å². The van der Waals surface area contributed by atoms with Crippen LogP contribution < -0.4 is 11.1 Å². The number of nitrogens with one attached hydrogen (secondary N) is 1. The van der Waals surface area contributed by atoms with Crippen LogP contribution in [0.4, 0.5) is 5.69 Å². The fourth-order valence-corrected chi connectivity index (χ4v) is 1.59. The monoisotopic (exact) mass is 278 g/mol. The summed E-state index contributed by atoms with van der Waals surface area (Å²) >= 11 is 0. The van der Waals surface area contributed by atoms with Crippen LogP contribution in [0.3, 0.4) is 0 Å². The summed E-state index contributed by atoms with van der Waals surface area (Å²) in [4.78, 5) is 23.6. The smallest absolute Gasteiger partial charge is 0.339 e. The molecule has 1 aromatic carbocycles. The molecule has 0 saturated heterocycles. The van der Waals surface area contributed by atoms with Crippen LogP contribution in [0, 0.1) is 5.41 Å². The van der Waals surface area contributed by atoms with E-state index in [9.17, 15) is 9.59 Å². The van der Waals surface area contributed by atoms with E-state index in [4.69, 9.17) is 5.73 Å². The van der Waals surface area contributed by atoms with Crippen LogP contribution in [0.15, 0.2) is 24.3 Å². The predicted octanol–water partition coefficient (Wildman–Crippen LogP) is 2.18. The van der Waals surface area contributed by atoms with Gasteiger partial charge in [-0.05, 0) is 17.5 Å². The number of hydrogen-bond acceptors (Lipinski definition) is 4. The lowest BCUT2D eigenvalue weighted by atomic mass is 9.85. The average Bonchev–Trinajstić information content (AvgIpc) is 2.37. The minimum Gasteiger partial charge on any atom is -0.465 e. The molecule has 20 heavy (non-hydrogen) atoms. The summed E-state index contributed by atoms with van der Waals surface area (Å²) in [6.07, 6.45) is 0.193. The number of carbonyl (C=O) groups excluding carboxylic acids is 2. The minimum absolute atomic E-state index is 0.154. The second-order valence-electron chi connectivity index (χ2n) is 5.76. The number of amides is 1. The van der Waals surface area contributed by atoms with E-state index in [1.54, 1.807) is 24.3 Å². The van der Waals surface area contributed by atoms with Gasteiger partial charge in [-0.2, -0.15) is 0 Å². The Balaban J connectivity index is 2.79. The molecule has 5 heteroatoms. The number of esters is 1. The summed E-state index contributed by atoms with van der Waals surface area (Å²) in [7, 11) is 1.30. The largest absolute Gasteiger partial charge is 0.465 e. The number of nitrogens with two attached hydrogens (primary N) is 1. The van der Waals surface area contributed by atoms with Crippen molar-refractivity contribution in [1.82, 2.24) is 0 Å². The summed E-state index contributed by atoms with van der Waals surface area (Å²) < 4.78 is 4.68. The Bertz CT molecular complexity index is 492. The van der Waals surface area contributed by atoms with E-state index in [-0.39, 0.29) is 23.8 Å². The Morgan fingerprint density at radius 1 is 1.30 bits per heavy atom. The maximum atomic E-state index is 12.0. The number of carbonyl (C=O) groups is 2. The summed E-state index contributed by atoms with van der Waals surface area (Å²) in [5, 5.41) is 2.71. The van der Waals surface area contributed by atoms with Crippen molar-refractivity contribution in [2.45, 2.75) is 33.2 Å². The number of benzene rings is 1. The highest BCUT2D eigenvalue weighted by Gasteiger charge is 2.23. The van der Waals surface area contributed by atoms with Crippen molar-refractivity contribution < 1.29 is 14.3 Å².